The highest BCUT2D eigenvalue weighted by molar-refractivity contribution is 8.00. The molecule has 0 aliphatic heterocycles. The number of nitrogens with two attached hydrogens (primary N) is 1. The van der Waals surface area contributed by atoms with Crippen molar-refractivity contribution in [3.05, 3.63) is 0 Å². The number of guanidine groups is 1. The molecule has 0 heterocycles. The van der Waals surface area contributed by atoms with E-state index in [0.29, 0.717) is 4.75 Å². The molecule has 0 aromatic heterocycles. The number of aliphatic imine (C=N–C) groups is 1. The Labute approximate surface area is 109 Å². The molecule has 0 aromatic carbocycles. The Kier molecular flexibility index (Phi) is 6.73. The molecule has 0 radical (unpaired) electrons. The van der Waals surface area contributed by atoms with Crippen molar-refractivity contribution >= 4 is 17.7 Å². The second kappa shape index (κ2) is 7.82. The molecule has 0 aromatic rings. The van der Waals surface area contributed by atoms with Crippen LogP contribution >= 0.6 is 11.8 Å². The van der Waals surface area contributed by atoms with Gasteiger partial charge in [-0.25, -0.2) is 5.84 Å². The molecule has 1 saturated carbocycles. The topological polar surface area (TPSA) is 62.4 Å². The van der Waals surface area contributed by atoms with Crippen molar-refractivity contribution in [3.63, 3.8) is 0 Å². The van der Waals surface area contributed by atoms with Gasteiger partial charge in [0.25, 0.3) is 0 Å². The van der Waals surface area contributed by atoms with E-state index in [1.807, 2.05) is 11.8 Å². The first-order valence-electron chi connectivity index (χ1n) is 6.56. The number of nitrogens with one attached hydrogen (secondary N) is 2. The summed E-state index contributed by atoms with van der Waals surface area (Å²) >= 11 is 1.97. The Hall–Kier alpha value is -0.420. The molecule has 0 unspecified atom stereocenters. The molecule has 17 heavy (non-hydrogen) atoms. The SMILES string of the molecule is CCCNC(=NCC1(SC)CCCCC1)NN. The van der Waals surface area contributed by atoms with E-state index in [4.69, 9.17) is 5.84 Å². The van der Waals surface area contributed by atoms with E-state index < -0.39 is 0 Å². The van der Waals surface area contributed by atoms with Crippen LogP contribution < -0.4 is 16.6 Å². The van der Waals surface area contributed by atoms with E-state index in [1.165, 1.54) is 32.1 Å². The molecule has 1 aliphatic carbocycles. The minimum Gasteiger partial charge on any atom is -0.355 e. The van der Waals surface area contributed by atoms with Gasteiger partial charge in [0, 0.05) is 11.3 Å². The average molecular weight is 258 g/mol. The molecule has 0 amide bonds. The highest BCUT2D eigenvalue weighted by Gasteiger charge is 2.30. The van der Waals surface area contributed by atoms with Crippen LogP contribution in [0.5, 0.6) is 0 Å². The molecular weight excluding hydrogens is 232 g/mol. The van der Waals surface area contributed by atoms with Crippen molar-refractivity contribution in [2.24, 2.45) is 10.8 Å². The molecule has 4 N–H and O–H groups in total. The normalized spacial score (nSPS) is 20.1. The summed E-state index contributed by atoms with van der Waals surface area (Å²) in [6.07, 6.45) is 9.90. The van der Waals surface area contributed by atoms with Crippen LogP contribution in [0.2, 0.25) is 0 Å². The predicted molar refractivity (Wildman–Crippen MR) is 77.2 cm³/mol. The fourth-order valence-corrected chi connectivity index (χ4v) is 3.13. The number of hydrazine groups is 1. The van der Waals surface area contributed by atoms with Crippen LogP contribution in [-0.2, 0) is 0 Å². The predicted octanol–water partition coefficient (Wildman–Crippen LogP) is 1.87. The second-order valence-electron chi connectivity index (χ2n) is 4.68. The molecule has 0 atom stereocenters. The van der Waals surface area contributed by atoms with Gasteiger partial charge in [0.05, 0.1) is 6.54 Å². The Balaban J connectivity index is 2.50. The maximum absolute atomic E-state index is 5.46. The molecule has 0 bridgehead atoms. The summed E-state index contributed by atoms with van der Waals surface area (Å²) in [7, 11) is 0. The summed E-state index contributed by atoms with van der Waals surface area (Å²) < 4.78 is 0.342. The Bertz CT molecular complexity index is 237. The standard InChI is InChI=1S/C12H26N4S/c1-3-9-14-11(16-13)15-10-12(17-2)7-5-4-6-8-12/h3-10,13H2,1-2H3,(H2,14,15,16). The molecule has 1 fully saturated rings. The average Bonchev–Trinajstić information content (AvgIpc) is 2.40. The zero-order chi connectivity index (χ0) is 12.6. The molecule has 0 saturated heterocycles. The van der Waals surface area contributed by atoms with Crippen molar-refractivity contribution in [2.75, 3.05) is 19.3 Å². The monoisotopic (exact) mass is 258 g/mol. The third-order valence-electron chi connectivity index (χ3n) is 3.40. The summed E-state index contributed by atoms with van der Waals surface area (Å²) in [5.74, 6) is 6.19. The van der Waals surface area contributed by atoms with Crippen molar-refractivity contribution in [1.29, 1.82) is 0 Å². The molecule has 4 nitrogen and oxygen atoms in total. The molecule has 0 spiro atoms. The van der Waals surface area contributed by atoms with Crippen LogP contribution in [0.3, 0.4) is 0 Å². The van der Waals surface area contributed by atoms with Gasteiger partial charge in [-0.2, -0.15) is 11.8 Å². The van der Waals surface area contributed by atoms with Crippen molar-refractivity contribution in [3.8, 4) is 0 Å². The number of hydrogen-bond donors (Lipinski definition) is 3. The van der Waals surface area contributed by atoms with Crippen LogP contribution in [0.15, 0.2) is 4.99 Å². The highest BCUT2D eigenvalue weighted by Crippen LogP contribution is 2.38. The van der Waals surface area contributed by atoms with E-state index in [-0.39, 0.29) is 0 Å². The zero-order valence-electron chi connectivity index (χ0n) is 11.1. The minimum atomic E-state index is 0.342. The van der Waals surface area contributed by atoms with Gasteiger partial charge in [-0.3, -0.25) is 10.4 Å². The molecule has 5 heteroatoms. The second-order valence-corrected chi connectivity index (χ2v) is 5.96. The quantitative estimate of drug-likeness (QED) is 0.305. The number of thioether (sulfide) groups is 1. The van der Waals surface area contributed by atoms with Gasteiger partial charge in [-0.15, -0.1) is 0 Å². The lowest BCUT2D eigenvalue weighted by molar-refractivity contribution is 0.404. The summed E-state index contributed by atoms with van der Waals surface area (Å²) in [5, 5.41) is 3.20. The van der Waals surface area contributed by atoms with E-state index in [1.54, 1.807) is 0 Å². The van der Waals surface area contributed by atoms with Crippen LogP contribution in [0.25, 0.3) is 0 Å². The van der Waals surface area contributed by atoms with Gasteiger partial charge in [0.15, 0.2) is 0 Å². The summed E-state index contributed by atoms with van der Waals surface area (Å²) in [6.45, 7) is 3.91. The summed E-state index contributed by atoms with van der Waals surface area (Å²) in [4.78, 5) is 4.60. The lowest BCUT2D eigenvalue weighted by Crippen LogP contribution is -2.43. The number of hydrogen-bond acceptors (Lipinski definition) is 3. The first-order valence-corrected chi connectivity index (χ1v) is 7.79. The summed E-state index contributed by atoms with van der Waals surface area (Å²) in [6, 6.07) is 0. The van der Waals surface area contributed by atoms with Crippen molar-refractivity contribution < 1.29 is 0 Å². The largest absolute Gasteiger partial charge is 0.355 e. The smallest absolute Gasteiger partial charge is 0.205 e. The minimum absolute atomic E-state index is 0.342. The highest BCUT2D eigenvalue weighted by atomic mass is 32.2. The van der Waals surface area contributed by atoms with Crippen LogP contribution in [0.1, 0.15) is 45.4 Å². The zero-order valence-corrected chi connectivity index (χ0v) is 11.9. The maximum atomic E-state index is 5.46. The third-order valence-corrected chi connectivity index (χ3v) is 4.81. The lowest BCUT2D eigenvalue weighted by Gasteiger charge is -2.34. The fourth-order valence-electron chi connectivity index (χ4n) is 2.24. The lowest BCUT2D eigenvalue weighted by atomic mass is 9.88. The van der Waals surface area contributed by atoms with Gasteiger partial charge in [-0.1, -0.05) is 26.2 Å². The molecule has 100 valence electrons. The first kappa shape index (κ1) is 14.6. The Morgan fingerprint density at radius 1 is 1.35 bits per heavy atom. The number of rotatable bonds is 5. The van der Waals surface area contributed by atoms with E-state index in [0.717, 1.165) is 25.5 Å². The third kappa shape index (κ3) is 4.76. The van der Waals surface area contributed by atoms with Gasteiger partial charge in [0.1, 0.15) is 0 Å². The molecule has 1 aliphatic rings. The van der Waals surface area contributed by atoms with Gasteiger partial charge in [0.2, 0.25) is 5.96 Å². The number of nitrogens with zero attached hydrogens (tertiary/aromatic N) is 1. The van der Waals surface area contributed by atoms with E-state index in [2.05, 4.69) is 28.9 Å². The van der Waals surface area contributed by atoms with Crippen LogP contribution in [0.4, 0.5) is 0 Å². The maximum Gasteiger partial charge on any atom is 0.205 e. The van der Waals surface area contributed by atoms with E-state index >= 15 is 0 Å². The fraction of sp³-hybridized carbons (Fsp3) is 0.917. The first-order chi connectivity index (χ1) is 8.26. The van der Waals surface area contributed by atoms with Gasteiger partial charge in [-0.05, 0) is 25.5 Å². The van der Waals surface area contributed by atoms with Crippen LogP contribution in [0, 0.1) is 0 Å². The van der Waals surface area contributed by atoms with Gasteiger partial charge < -0.3 is 5.32 Å². The van der Waals surface area contributed by atoms with Crippen molar-refractivity contribution in [1.82, 2.24) is 10.7 Å². The van der Waals surface area contributed by atoms with Gasteiger partial charge >= 0.3 is 0 Å². The van der Waals surface area contributed by atoms with E-state index in [9.17, 15) is 0 Å². The summed E-state index contributed by atoms with van der Waals surface area (Å²) in [5.41, 5.74) is 2.65. The molecule has 1 rings (SSSR count). The Morgan fingerprint density at radius 3 is 2.59 bits per heavy atom. The molecular formula is C12H26N4S. The van der Waals surface area contributed by atoms with Crippen LogP contribution in [-0.4, -0.2) is 30.1 Å². The Morgan fingerprint density at radius 2 is 2.06 bits per heavy atom. The van der Waals surface area contributed by atoms with Crippen molar-refractivity contribution in [2.45, 2.75) is 50.2 Å².